The molecule has 1 heterocycles. The highest BCUT2D eigenvalue weighted by atomic mass is 79.9. The van der Waals surface area contributed by atoms with Crippen molar-refractivity contribution in [2.75, 3.05) is 26.2 Å². The van der Waals surface area contributed by atoms with Gasteiger partial charge in [-0.1, -0.05) is 22.0 Å². The first-order valence-corrected chi connectivity index (χ1v) is 6.96. The van der Waals surface area contributed by atoms with Gasteiger partial charge in [0.15, 0.2) is 0 Å². The van der Waals surface area contributed by atoms with Crippen LogP contribution in [-0.4, -0.2) is 37.3 Å². The fraction of sp³-hybridized carbons (Fsp3) is 0.538. The Kier molecular flexibility index (Phi) is 4.53. The maximum Gasteiger partial charge on any atom is 0.408 e. The molecule has 0 bridgehead atoms. The Balaban J connectivity index is 2.39. The Morgan fingerprint density at radius 2 is 1.89 bits per heavy atom. The molecule has 0 aromatic heterocycles. The maximum atomic E-state index is 13.4. The predicted molar refractivity (Wildman–Crippen MR) is 72.1 cm³/mol. The van der Waals surface area contributed by atoms with Gasteiger partial charge in [-0.3, -0.25) is 4.90 Å². The normalized spacial score (nSPS) is 19.4. The molecule has 1 aromatic rings. The lowest BCUT2D eigenvalue weighted by Gasteiger charge is -2.36. The fourth-order valence-electron chi connectivity index (χ4n) is 2.43. The molecule has 1 saturated heterocycles. The third-order valence-corrected chi connectivity index (χ3v) is 3.86. The summed E-state index contributed by atoms with van der Waals surface area (Å²) in [5, 5.41) is 3.08. The van der Waals surface area contributed by atoms with Crippen molar-refractivity contribution in [3.05, 3.63) is 33.8 Å². The summed E-state index contributed by atoms with van der Waals surface area (Å²) in [6, 6.07) is 3.55. The zero-order valence-electron chi connectivity index (χ0n) is 10.6. The van der Waals surface area contributed by atoms with Gasteiger partial charge in [0.1, 0.15) is 6.04 Å². The molecule has 0 amide bonds. The maximum absolute atomic E-state index is 13.4. The predicted octanol–water partition coefficient (Wildman–Crippen LogP) is 3.27. The number of benzene rings is 1. The quantitative estimate of drug-likeness (QED) is 0.891. The number of nitrogens with zero attached hydrogens (tertiary/aromatic N) is 1. The second kappa shape index (κ2) is 5.81. The molecule has 6 heteroatoms. The first kappa shape index (κ1) is 14.8. The van der Waals surface area contributed by atoms with E-state index in [1.165, 1.54) is 4.90 Å². The van der Waals surface area contributed by atoms with E-state index in [9.17, 15) is 13.2 Å². The van der Waals surface area contributed by atoms with Crippen LogP contribution in [0.15, 0.2) is 22.7 Å². The van der Waals surface area contributed by atoms with E-state index in [1.807, 2.05) is 0 Å². The standard InChI is InChI=1S/C13H16BrF3N2/c1-9-2-3-10(14)8-11(9)12(13(15,16)17)19-6-4-18-5-7-19/h2-3,8,12,18H,4-7H2,1H3/t12-/m1/s1. The Bertz CT molecular complexity index is 442. The van der Waals surface area contributed by atoms with Gasteiger partial charge in [0.05, 0.1) is 0 Å². The molecule has 0 unspecified atom stereocenters. The Morgan fingerprint density at radius 1 is 1.26 bits per heavy atom. The van der Waals surface area contributed by atoms with Crippen LogP contribution in [0, 0.1) is 6.92 Å². The summed E-state index contributed by atoms with van der Waals surface area (Å²) in [6.07, 6.45) is -4.26. The minimum absolute atomic E-state index is 0.337. The first-order valence-electron chi connectivity index (χ1n) is 6.17. The van der Waals surface area contributed by atoms with Crippen molar-refractivity contribution >= 4 is 15.9 Å². The van der Waals surface area contributed by atoms with Gasteiger partial charge in [0.25, 0.3) is 0 Å². The number of aryl methyl sites for hydroxylation is 1. The molecule has 106 valence electrons. The van der Waals surface area contributed by atoms with E-state index in [0.29, 0.717) is 41.8 Å². The molecule has 0 saturated carbocycles. The molecular formula is C13H16BrF3N2. The molecule has 0 aliphatic carbocycles. The van der Waals surface area contributed by atoms with Gasteiger partial charge >= 0.3 is 6.18 Å². The number of alkyl halides is 3. The second-order valence-corrected chi connectivity index (χ2v) is 5.65. The lowest BCUT2D eigenvalue weighted by atomic mass is 9.99. The van der Waals surface area contributed by atoms with E-state index in [-0.39, 0.29) is 0 Å². The van der Waals surface area contributed by atoms with Gasteiger partial charge < -0.3 is 5.32 Å². The van der Waals surface area contributed by atoms with Crippen LogP contribution in [0.2, 0.25) is 0 Å². The lowest BCUT2D eigenvalue weighted by molar-refractivity contribution is -0.188. The molecule has 1 fully saturated rings. The van der Waals surface area contributed by atoms with E-state index in [0.717, 1.165) is 0 Å². The summed E-state index contributed by atoms with van der Waals surface area (Å²) in [5.41, 5.74) is 1.01. The third-order valence-electron chi connectivity index (χ3n) is 3.36. The zero-order chi connectivity index (χ0) is 14.0. The molecule has 0 spiro atoms. The van der Waals surface area contributed by atoms with Crippen molar-refractivity contribution in [3.8, 4) is 0 Å². The smallest absolute Gasteiger partial charge is 0.314 e. The number of piperazine rings is 1. The first-order chi connectivity index (χ1) is 8.89. The molecule has 2 nitrogen and oxygen atoms in total. The summed E-state index contributed by atoms with van der Waals surface area (Å²) in [6.45, 7) is 3.74. The molecule has 1 atom stereocenters. The highest BCUT2D eigenvalue weighted by Gasteiger charge is 2.45. The number of rotatable bonds is 2. The molecular weight excluding hydrogens is 321 g/mol. The summed E-state index contributed by atoms with van der Waals surface area (Å²) < 4.78 is 41.0. The Hall–Kier alpha value is -0.590. The fourth-order valence-corrected chi connectivity index (χ4v) is 2.81. The van der Waals surface area contributed by atoms with E-state index in [4.69, 9.17) is 0 Å². The van der Waals surface area contributed by atoms with Crippen molar-refractivity contribution in [2.45, 2.75) is 19.1 Å². The molecule has 0 radical (unpaired) electrons. The second-order valence-electron chi connectivity index (χ2n) is 4.73. The van der Waals surface area contributed by atoms with Crippen molar-refractivity contribution in [1.82, 2.24) is 10.2 Å². The van der Waals surface area contributed by atoms with Gasteiger partial charge in [-0.2, -0.15) is 13.2 Å². The van der Waals surface area contributed by atoms with Crippen LogP contribution in [0.3, 0.4) is 0 Å². The SMILES string of the molecule is Cc1ccc(Br)cc1[C@@H](N1CCNCC1)C(F)(F)F. The average molecular weight is 337 g/mol. The van der Waals surface area contributed by atoms with E-state index in [1.54, 1.807) is 25.1 Å². The summed E-state index contributed by atoms with van der Waals surface area (Å²) in [7, 11) is 0. The van der Waals surface area contributed by atoms with Crippen molar-refractivity contribution in [3.63, 3.8) is 0 Å². The van der Waals surface area contributed by atoms with Crippen LogP contribution in [0.5, 0.6) is 0 Å². The monoisotopic (exact) mass is 336 g/mol. The molecule has 19 heavy (non-hydrogen) atoms. The molecule has 2 rings (SSSR count). The number of hydrogen-bond acceptors (Lipinski definition) is 2. The van der Waals surface area contributed by atoms with Gasteiger partial charge in [-0.05, 0) is 30.2 Å². The number of hydrogen-bond donors (Lipinski definition) is 1. The van der Waals surface area contributed by atoms with E-state index in [2.05, 4.69) is 21.2 Å². The Labute approximate surface area is 119 Å². The largest absolute Gasteiger partial charge is 0.408 e. The highest BCUT2D eigenvalue weighted by molar-refractivity contribution is 9.10. The Morgan fingerprint density at radius 3 is 2.47 bits per heavy atom. The van der Waals surface area contributed by atoms with Crippen LogP contribution >= 0.6 is 15.9 Å². The van der Waals surface area contributed by atoms with Crippen molar-refractivity contribution in [1.29, 1.82) is 0 Å². The van der Waals surface area contributed by atoms with Crippen LogP contribution in [-0.2, 0) is 0 Å². The molecule has 1 aliphatic rings. The van der Waals surface area contributed by atoms with Crippen LogP contribution < -0.4 is 5.32 Å². The molecule has 1 aliphatic heterocycles. The lowest BCUT2D eigenvalue weighted by Crippen LogP contribution is -2.49. The van der Waals surface area contributed by atoms with Crippen LogP contribution in [0.1, 0.15) is 17.2 Å². The minimum Gasteiger partial charge on any atom is -0.314 e. The topological polar surface area (TPSA) is 15.3 Å². The van der Waals surface area contributed by atoms with Crippen LogP contribution in [0.25, 0.3) is 0 Å². The van der Waals surface area contributed by atoms with Gasteiger partial charge in [0, 0.05) is 30.7 Å². The van der Waals surface area contributed by atoms with Gasteiger partial charge in [0.2, 0.25) is 0 Å². The summed E-state index contributed by atoms with van der Waals surface area (Å²) in [4.78, 5) is 1.51. The van der Waals surface area contributed by atoms with Crippen molar-refractivity contribution in [2.24, 2.45) is 0 Å². The number of nitrogens with one attached hydrogen (secondary N) is 1. The van der Waals surface area contributed by atoms with E-state index >= 15 is 0 Å². The third kappa shape index (κ3) is 3.49. The van der Waals surface area contributed by atoms with Crippen LogP contribution in [0.4, 0.5) is 13.2 Å². The van der Waals surface area contributed by atoms with Crippen molar-refractivity contribution < 1.29 is 13.2 Å². The average Bonchev–Trinajstić information content (AvgIpc) is 2.33. The molecule has 1 aromatic carbocycles. The summed E-state index contributed by atoms with van der Waals surface area (Å²) in [5.74, 6) is 0. The van der Waals surface area contributed by atoms with Gasteiger partial charge in [-0.25, -0.2) is 0 Å². The summed E-state index contributed by atoms with van der Waals surface area (Å²) >= 11 is 3.26. The highest BCUT2D eigenvalue weighted by Crippen LogP contribution is 2.39. The zero-order valence-corrected chi connectivity index (χ0v) is 12.2. The molecule has 1 N–H and O–H groups in total. The van der Waals surface area contributed by atoms with Gasteiger partial charge in [-0.15, -0.1) is 0 Å². The minimum atomic E-state index is -4.26. The van der Waals surface area contributed by atoms with E-state index < -0.39 is 12.2 Å². The number of halogens is 4.